The molecule has 0 unspecified atom stereocenters. The van der Waals surface area contributed by atoms with E-state index in [1.54, 1.807) is 0 Å². The molecule has 0 radical (unpaired) electrons. The average Bonchev–Trinajstić information content (AvgIpc) is 3.25. The van der Waals surface area contributed by atoms with E-state index in [0.29, 0.717) is 0 Å². The summed E-state index contributed by atoms with van der Waals surface area (Å²) in [5.74, 6) is 0.0723. The molecule has 174 valence electrons. The lowest BCUT2D eigenvalue weighted by Gasteiger charge is -2.44. The monoisotopic (exact) mass is 464 g/mol. The van der Waals surface area contributed by atoms with E-state index in [-0.39, 0.29) is 23.9 Å². The second-order valence-electron chi connectivity index (χ2n) is 9.37. The third-order valence-corrected chi connectivity index (χ3v) is 7.66. The van der Waals surface area contributed by atoms with Gasteiger partial charge in [-0.25, -0.2) is 0 Å². The van der Waals surface area contributed by atoms with Crippen molar-refractivity contribution in [3.8, 4) is 0 Å². The summed E-state index contributed by atoms with van der Waals surface area (Å²) in [6, 6.07) is 17.8. The van der Waals surface area contributed by atoms with E-state index in [1.165, 1.54) is 33.5 Å². The summed E-state index contributed by atoms with van der Waals surface area (Å²) in [6.07, 6.45) is 5.09. The minimum absolute atomic E-state index is 0.0283. The predicted octanol–water partition coefficient (Wildman–Crippen LogP) is 5.60. The first-order valence-electron chi connectivity index (χ1n) is 12.3. The lowest BCUT2D eigenvalue weighted by atomic mass is 9.83. The lowest BCUT2D eigenvalue weighted by molar-refractivity contribution is -0.133. The van der Waals surface area contributed by atoms with E-state index in [2.05, 4.69) is 65.3 Å². The molecule has 1 fully saturated rings. The van der Waals surface area contributed by atoms with E-state index < -0.39 is 0 Å². The molecule has 3 aliphatic rings. The summed E-state index contributed by atoms with van der Waals surface area (Å²) in [5, 5.41) is 0. The van der Waals surface area contributed by atoms with Gasteiger partial charge in [0.15, 0.2) is 0 Å². The molecule has 2 atom stereocenters. The van der Waals surface area contributed by atoms with Crippen molar-refractivity contribution >= 4 is 28.8 Å². The zero-order valence-corrected chi connectivity index (χ0v) is 20.2. The predicted molar refractivity (Wildman–Crippen MR) is 135 cm³/mol. The molecule has 33 heavy (non-hydrogen) atoms. The largest absolute Gasteiger partial charge is 0.378 e. The summed E-state index contributed by atoms with van der Waals surface area (Å²) >= 11 is 6.17. The highest BCUT2D eigenvalue weighted by molar-refractivity contribution is 6.27. The Kier molecular flexibility index (Phi) is 6.75. The maximum Gasteiger partial charge on any atom is 0.238 e. The zero-order chi connectivity index (χ0) is 22.8. The number of ether oxygens (including phenoxy) is 1. The van der Waals surface area contributed by atoms with Crippen LogP contribution < -0.4 is 4.90 Å². The highest BCUT2D eigenvalue weighted by Crippen LogP contribution is 2.49. The Bertz CT molecular complexity index is 1030. The van der Waals surface area contributed by atoms with Gasteiger partial charge in [0.1, 0.15) is 5.88 Å². The number of amides is 1. The van der Waals surface area contributed by atoms with Crippen molar-refractivity contribution in [1.82, 2.24) is 4.90 Å². The van der Waals surface area contributed by atoms with Gasteiger partial charge in [0, 0.05) is 24.8 Å². The van der Waals surface area contributed by atoms with Gasteiger partial charge in [-0.05, 0) is 59.2 Å². The molecule has 2 aromatic carbocycles. The van der Waals surface area contributed by atoms with Crippen LogP contribution in [0.25, 0.3) is 5.57 Å². The van der Waals surface area contributed by atoms with Crippen LogP contribution in [0.1, 0.15) is 55.3 Å². The number of carbonyl (C=O) groups excluding carboxylic acids is 1. The van der Waals surface area contributed by atoms with Gasteiger partial charge in [-0.1, -0.05) is 56.2 Å². The van der Waals surface area contributed by atoms with Crippen molar-refractivity contribution in [2.45, 2.75) is 51.1 Å². The fourth-order valence-corrected chi connectivity index (χ4v) is 5.96. The Hall–Kier alpha value is -2.30. The maximum absolute atomic E-state index is 13.2. The standard InChI is InChI=1S/C28H33ClN2O2/c1-2-3-7-23-18-25-24-8-5-4-6-21(24)17-26(25)28(31(23)27(32)19-29)20-9-11-22(12-10-20)30-13-15-33-16-14-30/h4-6,8-12,23,28H,2-3,7,13-19H2,1H3/t23-,28-/m0/s1. The minimum atomic E-state index is -0.0482. The molecule has 1 saturated heterocycles. The number of unbranched alkanes of at least 4 members (excludes halogenated alkanes) is 1. The maximum atomic E-state index is 13.2. The van der Waals surface area contributed by atoms with Crippen LogP contribution >= 0.6 is 11.6 Å². The first-order chi connectivity index (χ1) is 16.2. The Morgan fingerprint density at radius 1 is 1.09 bits per heavy atom. The molecule has 5 heteroatoms. The molecule has 2 aliphatic heterocycles. The summed E-state index contributed by atoms with van der Waals surface area (Å²) in [5.41, 5.74) is 7.99. The molecule has 0 spiro atoms. The molecule has 2 heterocycles. The van der Waals surface area contributed by atoms with Gasteiger partial charge in [-0.15, -0.1) is 11.6 Å². The number of anilines is 1. The van der Waals surface area contributed by atoms with E-state index >= 15 is 0 Å². The van der Waals surface area contributed by atoms with E-state index in [0.717, 1.165) is 58.4 Å². The van der Waals surface area contributed by atoms with Gasteiger partial charge in [0.05, 0.1) is 19.3 Å². The van der Waals surface area contributed by atoms with Gasteiger partial charge in [0.2, 0.25) is 5.91 Å². The number of fused-ring (bicyclic) bond motifs is 2. The normalized spacial score (nSPS) is 22.4. The second kappa shape index (κ2) is 9.90. The van der Waals surface area contributed by atoms with Crippen LogP contribution in [0, 0.1) is 0 Å². The van der Waals surface area contributed by atoms with Crippen molar-refractivity contribution < 1.29 is 9.53 Å². The quantitative estimate of drug-likeness (QED) is 0.521. The summed E-state index contributed by atoms with van der Waals surface area (Å²) < 4.78 is 5.51. The molecule has 0 bridgehead atoms. The molecule has 4 nitrogen and oxygen atoms in total. The number of benzene rings is 2. The molecule has 0 N–H and O–H groups in total. The molecular weight excluding hydrogens is 432 g/mol. The Labute approximate surface area is 202 Å². The van der Waals surface area contributed by atoms with Gasteiger partial charge in [-0.3, -0.25) is 4.79 Å². The molecule has 5 rings (SSSR count). The molecule has 1 aliphatic carbocycles. The van der Waals surface area contributed by atoms with Gasteiger partial charge in [0.25, 0.3) is 0 Å². The van der Waals surface area contributed by atoms with Gasteiger partial charge >= 0.3 is 0 Å². The SMILES string of the molecule is CCCC[C@H]1CC2=C(Cc3ccccc32)[C@H](c2ccc(N3CCOCC3)cc2)N1C(=O)CCl. The number of nitrogens with zero attached hydrogens (tertiary/aromatic N) is 2. The van der Waals surface area contributed by atoms with Gasteiger partial charge < -0.3 is 14.5 Å². The lowest BCUT2D eigenvalue weighted by Crippen LogP contribution is -2.47. The van der Waals surface area contributed by atoms with Gasteiger partial charge in [-0.2, -0.15) is 0 Å². The third kappa shape index (κ3) is 4.31. The van der Waals surface area contributed by atoms with Crippen LogP contribution in [0.5, 0.6) is 0 Å². The van der Waals surface area contributed by atoms with Crippen LogP contribution in [-0.2, 0) is 16.0 Å². The molecule has 0 saturated carbocycles. The number of alkyl halides is 1. The summed E-state index contributed by atoms with van der Waals surface area (Å²) in [7, 11) is 0. The second-order valence-corrected chi connectivity index (χ2v) is 9.63. The number of hydrogen-bond acceptors (Lipinski definition) is 3. The van der Waals surface area contributed by atoms with E-state index in [1.807, 2.05) is 0 Å². The Balaban J connectivity index is 1.55. The third-order valence-electron chi connectivity index (χ3n) is 7.43. The van der Waals surface area contributed by atoms with E-state index in [4.69, 9.17) is 16.3 Å². The Morgan fingerprint density at radius 3 is 2.58 bits per heavy atom. The number of morpholine rings is 1. The molecule has 0 aromatic heterocycles. The van der Waals surface area contributed by atoms with Crippen LogP contribution in [0.4, 0.5) is 5.69 Å². The van der Waals surface area contributed by atoms with Crippen molar-refractivity contribution in [2.75, 3.05) is 37.1 Å². The highest BCUT2D eigenvalue weighted by Gasteiger charge is 2.42. The Morgan fingerprint density at radius 2 is 1.85 bits per heavy atom. The molecule has 1 amide bonds. The van der Waals surface area contributed by atoms with Crippen LogP contribution in [0.3, 0.4) is 0 Å². The average molecular weight is 465 g/mol. The number of rotatable bonds is 6. The number of carbonyl (C=O) groups is 1. The number of hydrogen-bond donors (Lipinski definition) is 0. The zero-order valence-electron chi connectivity index (χ0n) is 19.4. The minimum Gasteiger partial charge on any atom is -0.378 e. The van der Waals surface area contributed by atoms with Crippen molar-refractivity contribution in [3.05, 3.63) is 70.8 Å². The van der Waals surface area contributed by atoms with Crippen molar-refractivity contribution in [2.24, 2.45) is 0 Å². The fourth-order valence-electron chi connectivity index (χ4n) is 5.82. The smallest absolute Gasteiger partial charge is 0.238 e. The van der Waals surface area contributed by atoms with Crippen LogP contribution in [0.15, 0.2) is 54.1 Å². The first kappa shape index (κ1) is 22.5. The summed E-state index contributed by atoms with van der Waals surface area (Å²) in [6.45, 7) is 5.60. The fraction of sp³-hybridized carbons (Fsp3) is 0.464. The van der Waals surface area contributed by atoms with Crippen molar-refractivity contribution in [1.29, 1.82) is 0 Å². The summed E-state index contributed by atoms with van der Waals surface area (Å²) in [4.78, 5) is 17.7. The first-order valence-corrected chi connectivity index (χ1v) is 12.8. The van der Waals surface area contributed by atoms with E-state index in [9.17, 15) is 4.79 Å². The van der Waals surface area contributed by atoms with Crippen LogP contribution in [-0.4, -0.2) is 49.0 Å². The van der Waals surface area contributed by atoms with Crippen molar-refractivity contribution in [3.63, 3.8) is 0 Å². The number of halogens is 1. The highest BCUT2D eigenvalue weighted by atomic mass is 35.5. The molecule has 2 aromatic rings. The topological polar surface area (TPSA) is 32.8 Å². The molecular formula is C28H33ClN2O2. The van der Waals surface area contributed by atoms with Crippen LogP contribution in [0.2, 0.25) is 0 Å².